The summed E-state index contributed by atoms with van der Waals surface area (Å²) >= 11 is 6.02. The Labute approximate surface area is 115 Å². The Bertz CT molecular complexity index is 791. The minimum atomic E-state index is -3.27. The fraction of sp³-hybridized carbons (Fsp3) is 0.417. The molecule has 0 aliphatic carbocycles. The monoisotopic (exact) mass is 300 g/mol. The van der Waals surface area contributed by atoms with Crippen LogP contribution in [0.5, 0.6) is 0 Å². The SMILES string of the molecule is O=c1[nH]c2c(Cl)cccc2n1C1CCCCS1(=O)=O. The summed E-state index contributed by atoms with van der Waals surface area (Å²) in [6.07, 6.45) is 1.95. The van der Waals surface area contributed by atoms with Gasteiger partial charge in [0.05, 0.1) is 21.8 Å². The molecule has 1 aromatic heterocycles. The lowest BCUT2D eigenvalue weighted by Crippen LogP contribution is -2.32. The lowest BCUT2D eigenvalue weighted by molar-refractivity contribution is 0.490. The lowest BCUT2D eigenvalue weighted by atomic mass is 10.2. The van der Waals surface area contributed by atoms with Crippen molar-refractivity contribution in [3.05, 3.63) is 33.7 Å². The number of imidazole rings is 1. The van der Waals surface area contributed by atoms with Gasteiger partial charge in [0.15, 0.2) is 9.84 Å². The van der Waals surface area contributed by atoms with Crippen LogP contribution in [0.15, 0.2) is 23.0 Å². The Hall–Kier alpha value is -1.27. The number of aromatic nitrogens is 2. The first kappa shape index (κ1) is 12.7. The molecule has 5 nitrogen and oxygen atoms in total. The highest BCUT2D eigenvalue weighted by molar-refractivity contribution is 7.91. The van der Waals surface area contributed by atoms with Gasteiger partial charge in [-0.25, -0.2) is 13.2 Å². The van der Waals surface area contributed by atoms with Crippen molar-refractivity contribution < 1.29 is 8.42 Å². The molecule has 7 heteroatoms. The fourth-order valence-electron chi connectivity index (χ4n) is 2.63. The number of H-pyrrole nitrogens is 1. The molecule has 1 aliphatic heterocycles. The summed E-state index contributed by atoms with van der Waals surface area (Å²) in [7, 11) is -3.27. The van der Waals surface area contributed by atoms with Crippen LogP contribution in [0, 0.1) is 0 Å². The first-order chi connectivity index (χ1) is 9.00. The van der Waals surface area contributed by atoms with E-state index < -0.39 is 20.9 Å². The first-order valence-corrected chi connectivity index (χ1v) is 8.20. The summed E-state index contributed by atoms with van der Waals surface area (Å²) in [6.45, 7) is 0. The normalized spacial score (nSPS) is 22.7. The third kappa shape index (κ3) is 1.99. The molecular formula is C12H13ClN2O3S. The zero-order chi connectivity index (χ0) is 13.6. The molecule has 0 spiro atoms. The number of sulfone groups is 1. The minimum Gasteiger partial charge on any atom is -0.304 e. The molecule has 102 valence electrons. The van der Waals surface area contributed by atoms with E-state index in [-0.39, 0.29) is 5.75 Å². The second-order valence-corrected chi connectivity index (χ2v) is 7.44. The maximum atomic E-state index is 12.2. The van der Waals surface area contributed by atoms with E-state index in [1.54, 1.807) is 18.2 Å². The van der Waals surface area contributed by atoms with E-state index in [9.17, 15) is 13.2 Å². The molecule has 1 N–H and O–H groups in total. The Kier molecular flexibility index (Phi) is 2.94. The molecule has 2 aromatic rings. The van der Waals surface area contributed by atoms with Crippen LogP contribution in [0.1, 0.15) is 24.6 Å². The Morgan fingerprint density at radius 1 is 1.32 bits per heavy atom. The van der Waals surface area contributed by atoms with Gasteiger partial charge in [0.1, 0.15) is 5.37 Å². The number of para-hydroxylation sites is 1. The summed E-state index contributed by atoms with van der Waals surface area (Å²) in [5.41, 5.74) is 0.626. The van der Waals surface area contributed by atoms with E-state index in [1.807, 2.05) is 0 Å². The summed E-state index contributed by atoms with van der Waals surface area (Å²) in [5.74, 6) is 0.136. The Morgan fingerprint density at radius 3 is 2.84 bits per heavy atom. The van der Waals surface area contributed by atoms with Crippen LogP contribution >= 0.6 is 11.6 Å². The summed E-state index contributed by atoms with van der Waals surface area (Å²) < 4.78 is 25.6. The van der Waals surface area contributed by atoms with E-state index in [1.165, 1.54) is 4.57 Å². The lowest BCUT2D eigenvalue weighted by Gasteiger charge is -2.23. The number of nitrogens with one attached hydrogen (secondary N) is 1. The molecule has 0 amide bonds. The second kappa shape index (κ2) is 4.38. The molecule has 1 saturated heterocycles. The van der Waals surface area contributed by atoms with E-state index in [2.05, 4.69) is 4.98 Å². The third-order valence-corrected chi connectivity index (χ3v) is 5.98. The van der Waals surface area contributed by atoms with Gasteiger partial charge in [0, 0.05) is 0 Å². The average Bonchev–Trinajstić information content (AvgIpc) is 2.67. The number of nitrogens with zero attached hydrogens (tertiary/aromatic N) is 1. The minimum absolute atomic E-state index is 0.136. The van der Waals surface area contributed by atoms with Crippen LogP contribution in [0.4, 0.5) is 0 Å². The van der Waals surface area contributed by atoms with Gasteiger partial charge < -0.3 is 4.98 Å². The number of rotatable bonds is 1. The van der Waals surface area contributed by atoms with Crippen molar-refractivity contribution in [2.45, 2.75) is 24.6 Å². The molecule has 0 saturated carbocycles. The highest BCUT2D eigenvalue weighted by atomic mass is 35.5. The van der Waals surface area contributed by atoms with E-state index in [0.717, 1.165) is 6.42 Å². The van der Waals surface area contributed by atoms with Gasteiger partial charge in [-0.2, -0.15) is 0 Å². The van der Waals surface area contributed by atoms with Crippen molar-refractivity contribution in [2.75, 3.05) is 5.75 Å². The standard InChI is InChI=1S/C12H13ClN2O3S/c13-8-4-3-5-9-11(8)14-12(16)15(9)10-6-1-2-7-19(10,17)18/h3-5,10H,1-2,6-7H2,(H,14,16). The van der Waals surface area contributed by atoms with Crippen LogP contribution < -0.4 is 5.69 Å². The summed E-state index contributed by atoms with van der Waals surface area (Å²) in [4.78, 5) is 14.7. The van der Waals surface area contributed by atoms with Gasteiger partial charge in [-0.05, 0) is 31.4 Å². The molecule has 2 heterocycles. The fourth-order valence-corrected chi connectivity index (χ4v) is 4.78. The predicted octanol–water partition coefficient (Wildman–Crippen LogP) is 2.08. The number of fused-ring (bicyclic) bond motifs is 1. The molecule has 0 bridgehead atoms. The highest BCUT2D eigenvalue weighted by Gasteiger charge is 2.32. The van der Waals surface area contributed by atoms with Gasteiger partial charge in [-0.15, -0.1) is 0 Å². The van der Waals surface area contributed by atoms with Crippen LogP contribution in [-0.4, -0.2) is 23.7 Å². The van der Waals surface area contributed by atoms with Gasteiger partial charge >= 0.3 is 5.69 Å². The van der Waals surface area contributed by atoms with Gasteiger partial charge in [0.2, 0.25) is 0 Å². The molecule has 1 unspecified atom stereocenters. The molecule has 1 aromatic carbocycles. The summed E-state index contributed by atoms with van der Waals surface area (Å²) in [6, 6.07) is 5.09. The highest BCUT2D eigenvalue weighted by Crippen LogP contribution is 2.31. The average molecular weight is 301 g/mol. The van der Waals surface area contributed by atoms with Gasteiger partial charge in [-0.1, -0.05) is 17.7 Å². The number of aromatic amines is 1. The quantitative estimate of drug-likeness (QED) is 0.876. The van der Waals surface area contributed by atoms with Gasteiger partial charge in [0.25, 0.3) is 0 Å². The number of halogens is 1. The molecule has 1 atom stereocenters. The maximum Gasteiger partial charge on any atom is 0.327 e. The number of hydrogen-bond donors (Lipinski definition) is 1. The van der Waals surface area contributed by atoms with Crippen LogP contribution in [0.2, 0.25) is 5.02 Å². The Balaban J connectivity index is 2.28. The maximum absolute atomic E-state index is 12.2. The van der Waals surface area contributed by atoms with Crippen molar-refractivity contribution in [3.8, 4) is 0 Å². The second-order valence-electron chi connectivity index (χ2n) is 4.75. The smallest absolute Gasteiger partial charge is 0.304 e. The molecule has 1 fully saturated rings. The van der Waals surface area contributed by atoms with E-state index >= 15 is 0 Å². The zero-order valence-corrected chi connectivity index (χ0v) is 11.7. The Morgan fingerprint density at radius 2 is 2.11 bits per heavy atom. The topological polar surface area (TPSA) is 71.9 Å². The molecule has 3 rings (SSSR count). The number of benzene rings is 1. The molecule has 19 heavy (non-hydrogen) atoms. The van der Waals surface area contributed by atoms with Crippen molar-refractivity contribution >= 4 is 32.5 Å². The largest absolute Gasteiger partial charge is 0.327 e. The van der Waals surface area contributed by atoms with Crippen molar-refractivity contribution in [2.24, 2.45) is 0 Å². The van der Waals surface area contributed by atoms with Crippen LogP contribution in [-0.2, 0) is 9.84 Å². The zero-order valence-electron chi connectivity index (χ0n) is 10.1. The summed E-state index contributed by atoms with van der Waals surface area (Å²) in [5, 5.41) is -0.359. The molecule has 0 radical (unpaired) electrons. The van der Waals surface area contributed by atoms with E-state index in [4.69, 9.17) is 11.6 Å². The molecular weight excluding hydrogens is 288 g/mol. The van der Waals surface area contributed by atoms with Gasteiger partial charge in [-0.3, -0.25) is 4.57 Å². The van der Waals surface area contributed by atoms with Crippen LogP contribution in [0.25, 0.3) is 11.0 Å². The van der Waals surface area contributed by atoms with Crippen molar-refractivity contribution in [1.82, 2.24) is 9.55 Å². The third-order valence-electron chi connectivity index (χ3n) is 3.53. The number of hydrogen-bond acceptors (Lipinski definition) is 3. The van der Waals surface area contributed by atoms with E-state index in [0.29, 0.717) is 28.9 Å². The van der Waals surface area contributed by atoms with Crippen LogP contribution in [0.3, 0.4) is 0 Å². The molecule has 1 aliphatic rings. The van der Waals surface area contributed by atoms with Crippen molar-refractivity contribution in [1.29, 1.82) is 0 Å². The van der Waals surface area contributed by atoms with Crippen molar-refractivity contribution in [3.63, 3.8) is 0 Å². The first-order valence-electron chi connectivity index (χ1n) is 6.11. The predicted molar refractivity (Wildman–Crippen MR) is 74.2 cm³/mol.